The van der Waals surface area contributed by atoms with Crippen molar-refractivity contribution in [2.75, 3.05) is 41.0 Å². The van der Waals surface area contributed by atoms with Gasteiger partial charge in [0.05, 0.1) is 34.4 Å². The quantitative estimate of drug-likeness (QED) is 0.0284. The van der Waals surface area contributed by atoms with Gasteiger partial charge in [-0.05, 0) is 51.4 Å². The number of ether oxygens (including phenoxy) is 3. The van der Waals surface area contributed by atoms with Crippen LogP contribution in [0.15, 0.2) is 72.9 Å². The molecule has 338 valence electrons. The van der Waals surface area contributed by atoms with Crippen LogP contribution < -0.4 is 0 Å². The monoisotopic (exact) mass is 827 g/mol. The number of allylic oxidation sites excluding steroid dienone is 12. The number of carbonyl (C=O) groups excluding carboxylic acids is 2. The minimum atomic E-state index is -0.885. The summed E-state index contributed by atoms with van der Waals surface area (Å²) in [5, 5.41) is 9.63. The maximum atomic E-state index is 12.7. The molecule has 8 nitrogen and oxygen atoms in total. The first-order chi connectivity index (χ1) is 28.6. The molecule has 0 aliphatic carbocycles. The van der Waals surface area contributed by atoms with E-state index in [4.69, 9.17) is 14.2 Å². The predicted octanol–water partition coefficient (Wildman–Crippen LogP) is 13.1. The summed E-state index contributed by atoms with van der Waals surface area (Å²) in [5.74, 6) is -1.57. The van der Waals surface area contributed by atoms with E-state index in [9.17, 15) is 19.5 Å². The number of quaternary nitrogens is 1. The van der Waals surface area contributed by atoms with Crippen molar-refractivity contribution in [3.05, 3.63) is 72.9 Å². The number of likely N-dealkylation sites (N-methyl/N-ethyl adjacent to an activating group) is 1. The summed E-state index contributed by atoms with van der Waals surface area (Å²) in [6.45, 7) is 4.55. The number of hydrogen-bond acceptors (Lipinski definition) is 6. The van der Waals surface area contributed by atoms with Crippen LogP contribution in [0.5, 0.6) is 0 Å². The summed E-state index contributed by atoms with van der Waals surface area (Å²) >= 11 is 0. The van der Waals surface area contributed by atoms with Gasteiger partial charge in [-0.2, -0.15) is 0 Å². The van der Waals surface area contributed by atoms with Gasteiger partial charge in [0, 0.05) is 19.3 Å². The molecule has 1 N–H and O–H groups in total. The van der Waals surface area contributed by atoms with Crippen LogP contribution in [-0.4, -0.2) is 80.6 Å². The van der Waals surface area contributed by atoms with Gasteiger partial charge in [0.15, 0.2) is 12.1 Å². The van der Waals surface area contributed by atoms with Crippen molar-refractivity contribution in [3.63, 3.8) is 0 Å². The Labute approximate surface area is 361 Å². The molecular formula is C51H88NO7+. The van der Waals surface area contributed by atoms with E-state index in [2.05, 4.69) is 74.6 Å². The van der Waals surface area contributed by atoms with Gasteiger partial charge in [0.2, 0.25) is 0 Å². The minimum absolute atomic E-state index is 0.0363. The van der Waals surface area contributed by atoms with E-state index in [1.54, 1.807) is 0 Å². The average molecular weight is 827 g/mol. The summed E-state index contributed by atoms with van der Waals surface area (Å²) in [7, 11) is 5.50. The second-order valence-electron chi connectivity index (χ2n) is 16.6. The zero-order valence-corrected chi connectivity index (χ0v) is 38.4. The molecule has 2 unspecified atom stereocenters. The Kier molecular flexibility index (Phi) is 39.2. The van der Waals surface area contributed by atoms with Crippen LogP contribution in [0, 0.1) is 0 Å². The molecule has 0 saturated carbocycles. The molecule has 0 bridgehead atoms. The molecule has 0 aliphatic heterocycles. The maximum absolute atomic E-state index is 12.7. The van der Waals surface area contributed by atoms with Gasteiger partial charge >= 0.3 is 17.9 Å². The number of unbranched alkanes of at least 4 members (excludes halogenated alkanes) is 15. The summed E-state index contributed by atoms with van der Waals surface area (Å²) in [4.78, 5) is 37.0. The lowest BCUT2D eigenvalue weighted by molar-refractivity contribution is -0.887. The Morgan fingerprint density at radius 2 is 0.949 bits per heavy atom. The highest BCUT2D eigenvalue weighted by Crippen LogP contribution is 2.15. The van der Waals surface area contributed by atoms with Gasteiger partial charge in [-0.15, -0.1) is 0 Å². The second-order valence-corrected chi connectivity index (χ2v) is 16.6. The third-order valence-corrected chi connectivity index (χ3v) is 10.1. The SMILES string of the molecule is CC/C=C/C/C=C/C/C=C/C/C=C/C/C=C/C/C=C/CCC(=O)OCC(COCCC(C(=O)O)[N+](C)(C)C)OC(=O)CCCCCCCCCCCCCCCCCC. The zero-order valence-electron chi connectivity index (χ0n) is 38.4. The molecule has 2 atom stereocenters. The molecule has 0 aromatic rings. The number of nitrogens with zero attached hydrogens (tertiary/aromatic N) is 1. The number of carboxylic acids is 1. The van der Waals surface area contributed by atoms with Gasteiger partial charge in [0.25, 0.3) is 0 Å². The fourth-order valence-electron chi connectivity index (χ4n) is 6.53. The van der Waals surface area contributed by atoms with Gasteiger partial charge in [-0.25, -0.2) is 4.79 Å². The summed E-state index contributed by atoms with van der Waals surface area (Å²) in [5.41, 5.74) is 0. The van der Waals surface area contributed by atoms with Crippen molar-refractivity contribution in [2.45, 2.75) is 193 Å². The largest absolute Gasteiger partial charge is 0.477 e. The summed E-state index contributed by atoms with van der Waals surface area (Å²) in [6, 6.07) is -0.627. The number of hydrogen-bond donors (Lipinski definition) is 1. The first kappa shape index (κ1) is 55.8. The van der Waals surface area contributed by atoms with Crippen LogP contribution in [0.25, 0.3) is 0 Å². The van der Waals surface area contributed by atoms with E-state index in [1.165, 1.54) is 83.5 Å². The fraction of sp³-hybridized carbons (Fsp3) is 0.706. The molecule has 0 saturated heterocycles. The fourth-order valence-corrected chi connectivity index (χ4v) is 6.53. The molecule has 8 heteroatoms. The molecule has 0 heterocycles. The predicted molar refractivity (Wildman–Crippen MR) is 247 cm³/mol. The lowest BCUT2D eigenvalue weighted by Crippen LogP contribution is -2.50. The van der Waals surface area contributed by atoms with Crippen molar-refractivity contribution in [1.82, 2.24) is 0 Å². The molecule has 0 aliphatic rings. The molecule has 0 rings (SSSR count). The molecule has 0 spiro atoms. The van der Waals surface area contributed by atoms with Crippen molar-refractivity contribution >= 4 is 17.9 Å². The van der Waals surface area contributed by atoms with Gasteiger partial charge in [-0.1, -0.05) is 183 Å². The smallest absolute Gasteiger partial charge is 0.362 e. The van der Waals surface area contributed by atoms with Crippen LogP contribution in [0.1, 0.15) is 181 Å². The zero-order chi connectivity index (χ0) is 43.5. The Morgan fingerprint density at radius 1 is 0.525 bits per heavy atom. The Balaban J connectivity index is 4.43. The van der Waals surface area contributed by atoms with Crippen molar-refractivity contribution < 1.29 is 38.2 Å². The Bertz CT molecular complexity index is 1190. The molecule has 0 radical (unpaired) electrons. The van der Waals surface area contributed by atoms with Crippen molar-refractivity contribution in [3.8, 4) is 0 Å². The molecular weight excluding hydrogens is 739 g/mol. The van der Waals surface area contributed by atoms with E-state index < -0.39 is 18.1 Å². The first-order valence-corrected chi connectivity index (χ1v) is 23.5. The van der Waals surface area contributed by atoms with E-state index in [-0.39, 0.29) is 42.7 Å². The molecule has 0 aromatic heterocycles. The number of esters is 2. The van der Waals surface area contributed by atoms with Crippen LogP contribution in [-0.2, 0) is 28.6 Å². The number of carbonyl (C=O) groups is 3. The highest BCUT2D eigenvalue weighted by Gasteiger charge is 2.31. The molecule has 0 aromatic carbocycles. The van der Waals surface area contributed by atoms with Gasteiger partial charge in [-0.3, -0.25) is 9.59 Å². The van der Waals surface area contributed by atoms with Gasteiger partial charge in [0.1, 0.15) is 6.61 Å². The number of carboxylic acid groups (broad SMARTS) is 1. The van der Waals surface area contributed by atoms with E-state index in [0.29, 0.717) is 19.3 Å². The standard InChI is InChI=1S/C51H87NO7/c1-6-8-10-12-14-16-18-20-22-24-25-26-28-29-31-33-35-37-39-41-49(53)58-46-47(45-57-44-43-48(51(55)56)52(3,4)5)59-50(54)42-40-38-36-34-32-30-27-23-21-19-17-15-13-11-9-7-2/h8,10,14,16,20,22,25-26,29,31,35,37,47-48H,6-7,9,11-13,15,17-19,21,23-24,27-28,30,32-34,36,38-46H2,1-5H3/p+1/b10-8+,16-14+,22-20+,26-25+,31-29+,37-35+. The van der Waals surface area contributed by atoms with E-state index in [0.717, 1.165) is 57.8 Å². The van der Waals surface area contributed by atoms with Crippen LogP contribution in [0.3, 0.4) is 0 Å². The van der Waals surface area contributed by atoms with E-state index >= 15 is 0 Å². The van der Waals surface area contributed by atoms with E-state index in [1.807, 2.05) is 33.3 Å². The van der Waals surface area contributed by atoms with Crippen LogP contribution in [0.4, 0.5) is 0 Å². The second kappa shape index (κ2) is 41.5. The van der Waals surface area contributed by atoms with Crippen LogP contribution in [0.2, 0.25) is 0 Å². The molecule has 0 amide bonds. The maximum Gasteiger partial charge on any atom is 0.362 e. The third-order valence-electron chi connectivity index (χ3n) is 10.1. The lowest BCUT2D eigenvalue weighted by atomic mass is 10.0. The highest BCUT2D eigenvalue weighted by atomic mass is 16.6. The minimum Gasteiger partial charge on any atom is -0.477 e. The third kappa shape index (κ3) is 40.0. The number of rotatable bonds is 41. The Hall–Kier alpha value is -3.23. The van der Waals surface area contributed by atoms with Crippen molar-refractivity contribution in [1.29, 1.82) is 0 Å². The topological polar surface area (TPSA) is 99.1 Å². The summed E-state index contributed by atoms with van der Waals surface area (Å²) in [6.07, 6.45) is 52.4. The lowest BCUT2D eigenvalue weighted by Gasteiger charge is -2.31. The highest BCUT2D eigenvalue weighted by molar-refractivity contribution is 5.72. The summed E-state index contributed by atoms with van der Waals surface area (Å²) < 4.78 is 17.2. The average Bonchev–Trinajstić information content (AvgIpc) is 3.19. The van der Waals surface area contributed by atoms with Crippen LogP contribution >= 0.6 is 0 Å². The van der Waals surface area contributed by atoms with Gasteiger partial charge < -0.3 is 23.8 Å². The number of aliphatic carboxylic acids is 1. The van der Waals surface area contributed by atoms with Crippen molar-refractivity contribution in [2.24, 2.45) is 0 Å². The Morgan fingerprint density at radius 3 is 1.37 bits per heavy atom. The molecule has 0 fully saturated rings. The molecule has 59 heavy (non-hydrogen) atoms. The normalized spacial score (nSPS) is 13.6. The first-order valence-electron chi connectivity index (χ1n) is 23.5.